The van der Waals surface area contributed by atoms with Crippen molar-refractivity contribution in [1.29, 1.82) is 0 Å². The molecule has 4 rings (SSSR count). The van der Waals surface area contributed by atoms with Crippen LogP contribution in [0.2, 0.25) is 4.34 Å². The summed E-state index contributed by atoms with van der Waals surface area (Å²) in [5.41, 5.74) is 5.50. The fourth-order valence-electron chi connectivity index (χ4n) is 3.43. The Morgan fingerprint density at radius 1 is 1.44 bits per heavy atom. The fourth-order valence-corrected chi connectivity index (χ4v) is 6.24. The van der Waals surface area contributed by atoms with Gasteiger partial charge in [-0.2, -0.15) is 0 Å². The molecule has 0 spiro atoms. The van der Waals surface area contributed by atoms with Crippen LogP contribution < -0.4 is 11.1 Å². The van der Waals surface area contributed by atoms with Gasteiger partial charge in [0.05, 0.1) is 11.7 Å². The van der Waals surface area contributed by atoms with Crippen molar-refractivity contribution in [3.63, 3.8) is 0 Å². The highest BCUT2D eigenvalue weighted by Gasteiger charge is 2.54. The third-order valence-corrected chi connectivity index (χ3v) is 8.16. The Kier molecular flexibility index (Phi) is 6.07. The highest BCUT2D eigenvalue weighted by molar-refractivity contribution is 8.04. The van der Waals surface area contributed by atoms with Gasteiger partial charge in [-0.3, -0.25) is 14.5 Å². The maximum atomic E-state index is 12.8. The summed E-state index contributed by atoms with van der Waals surface area (Å²) in [5, 5.41) is 28.5. The number of anilines is 1. The number of carboxylic acid groups (broad SMARTS) is 1. The van der Waals surface area contributed by atoms with Crippen LogP contribution in [0.25, 0.3) is 0 Å². The highest BCUT2D eigenvalue weighted by Crippen LogP contribution is 2.44. The second-order valence-electron chi connectivity index (χ2n) is 6.71. The minimum Gasteiger partial charge on any atom is -0.477 e. The van der Waals surface area contributed by atoms with Crippen molar-refractivity contribution in [1.82, 2.24) is 24.8 Å². The zero-order chi connectivity index (χ0) is 23.2. The Balaban J connectivity index is 1.54. The first kappa shape index (κ1) is 22.4. The van der Waals surface area contributed by atoms with Crippen molar-refractivity contribution in [3.8, 4) is 0 Å². The summed E-state index contributed by atoms with van der Waals surface area (Å²) in [6.45, 7) is 1.77. The van der Waals surface area contributed by atoms with E-state index >= 15 is 0 Å². The number of amides is 2. The molecule has 1 fully saturated rings. The molecular formula is C16H14ClN7O5S3. The van der Waals surface area contributed by atoms with E-state index < -0.39 is 35.6 Å². The molecule has 2 unspecified atom stereocenters. The number of aromatic nitrogens is 3. The molecule has 2 atom stereocenters. The standard InChI is InChI=1S/C16H14ClN7O5S3/c1-4-15(32-23-21-4)30-6-3-2-5-7(13(26)24(5)10(6)14(27)28)19-12(25)9(22-29)8-11(17)31-16(18)20-8/h5,7,29H,2-3H2,1H3,(H2,18,20)(H,19,25)(H,27,28)/b22-9-. The van der Waals surface area contributed by atoms with Crippen molar-refractivity contribution in [3.05, 3.63) is 26.3 Å². The molecule has 1 saturated heterocycles. The smallest absolute Gasteiger partial charge is 0.353 e. The molecule has 168 valence electrons. The fraction of sp³-hybridized carbons (Fsp3) is 0.312. The molecule has 0 saturated carbocycles. The largest absolute Gasteiger partial charge is 0.477 e. The maximum absolute atomic E-state index is 12.8. The van der Waals surface area contributed by atoms with Gasteiger partial charge in [-0.1, -0.05) is 44.3 Å². The molecule has 2 aliphatic heterocycles. The van der Waals surface area contributed by atoms with Crippen LogP contribution >= 0.6 is 46.2 Å². The van der Waals surface area contributed by atoms with E-state index in [0.29, 0.717) is 23.4 Å². The molecule has 16 heteroatoms. The monoisotopic (exact) mass is 515 g/mol. The Bertz CT molecular complexity index is 1190. The van der Waals surface area contributed by atoms with E-state index in [1.165, 1.54) is 16.7 Å². The quantitative estimate of drug-likeness (QED) is 0.189. The number of aliphatic carboxylic acids is 1. The van der Waals surface area contributed by atoms with Crippen molar-refractivity contribution in [2.24, 2.45) is 5.16 Å². The van der Waals surface area contributed by atoms with Gasteiger partial charge < -0.3 is 21.4 Å². The van der Waals surface area contributed by atoms with Gasteiger partial charge in [0, 0.05) is 4.91 Å². The van der Waals surface area contributed by atoms with Gasteiger partial charge in [-0.05, 0) is 31.3 Å². The number of nitrogens with zero attached hydrogens (tertiary/aromatic N) is 5. The molecule has 5 N–H and O–H groups in total. The lowest BCUT2D eigenvalue weighted by molar-refractivity contribution is -0.155. The number of halogens is 1. The molecule has 0 bridgehead atoms. The predicted molar refractivity (Wildman–Crippen MR) is 117 cm³/mol. The number of nitrogens with one attached hydrogen (secondary N) is 1. The van der Waals surface area contributed by atoms with Crippen LogP contribution in [0, 0.1) is 6.92 Å². The molecule has 2 aromatic rings. The van der Waals surface area contributed by atoms with Gasteiger partial charge in [0.25, 0.3) is 11.8 Å². The number of carbonyl (C=O) groups is 3. The SMILES string of the molecule is Cc1nnsc1SC1=C(C(=O)O)N2C(=O)C(NC(=O)/C(=N\O)c3nc(N)sc3Cl)C2CC1. The number of hydrogen-bond donors (Lipinski definition) is 4. The minimum atomic E-state index is -1.24. The zero-order valence-electron chi connectivity index (χ0n) is 16.1. The summed E-state index contributed by atoms with van der Waals surface area (Å²) >= 11 is 9.24. The molecule has 0 aromatic carbocycles. The Morgan fingerprint density at radius 3 is 2.75 bits per heavy atom. The lowest BCUT2D eigenvalue weighted by Crippen LogP contribution is -2.72. The van der Waals surface area contributed by atoms with Crippen molar-refractivity contribution < 1.29 is 24.7 Å². The Hall–Kier alpha value is -2.75. The molecule has 2 amide bonds. The summed E-state index contributed by atoms with van der Waals surface area (Å²) in [7, 11) is 0. The van der Waals surface area contributed by atoms with E-state index in [1.807, 2.05) is 0 Å². The van der Waals surface area contributed by atoms with E-state index in [4.69, 9.17) is 17.3 Å². The van der Waals surface area contributed by atoms with E-state index in [2.05, 4.69) is 25.0 Å². The summed E-state index contributed by atoms with van der Waals surface area (Å²) in [6.07, 6.45) is 0.816. The molecule has 32 heavy (non-hydrogen) atoms. The van der Waals surface area contributed by atoms with Crippen LogP contribution in [-0.4, -0.2) is 65.4 Å². The maximum Gasteiger partial charge on any atom is 0.353 e. The van der Waals surface area contributed by atoms with Gasteiger partial charge in [-0.15, -0.1) is 5.10 Å². The predicted octanol–water partition coefficient (Wildman–Crippen LogP) is 1.29. The molecular weight excluding hydrogens is 502 g/mol. The van der Waals surface area contributed by atoms with Gasteiger partial charge in [-0.25, -0.2) is 9.78 Å². The van der Waals surface area contributed by atoms with Crippen LogP contribution in [0.1, 0.15) is 24.2 Å². The minimum absolute atomic E-state index is 0.0512. The second kappa shape index (κ2) is 8.65. The average Bonchev–Trinajstić information content (AvgIpc) is 3.30. The molecule has 12 nitrogen and oxygen atoms in total. The van der Waals surface area contributed by atoms with Crippen LogP contribution in [0.3, 0.4) is 0 Å². The number of carbonyl (C=O) groups excluding carboxylic acids is 2. The van der Waals surface area contributed by atoms with Gasteiger partial charge in [0.1, 0.15) is 26.0 Å². The zero-order valence-corrected chi connectivity index (χ0v) is 19.3. The number of β-lactam (4-membered cyclic amide) rings is 1. The van der Waals surface area contributed by atoms with Crippen LogP contribution in [0.5, 0.6) is 0 Å². The van der Waals surface area contributed by atoms with E-state index in [1.54, 1.807) is 6.92 Å². The topological polar surface area (TPSA) is 184 Å². The van der Waals surface area contributed by atoms with Crippen molar-refractivity contribution >= 4 is 74.9 Å². The Morgan fingerprint density at radius 2 is 2.19 bits per heavy atom. The summed E-state index contributed by atoms with van der Waals surface area (Å²) in [5.74, 6) is -2.71. The number of oxime groups is 1. The first-order chi connectivity index (χ1) is 15.2. The third kappa shape index (κ3) is 3.80. The van der Waals surface area contributed by atoms with E-state index in [-0.39, 0.29) is 20.9 Å². The van der Waals surface area contributed by atoms with Gasteiger partial charge in [0.2, 0.25) is 0 Å². The number of carboxylic acids is 1. The molecule has 4 heterocycles. The van der Waals surface area contributed by atoms with Crippen molar-refractivity contribution in [2.45, 2.75) is 36.1 Å². The molecule has 2 aliphatic rings. The summed E-state index contributed by atoms with van der Waals surface area (Å²) in [6, 6.07) is -1.54. The number of thioether (sulfide) groups is 1. The summed E-state index contributed by atoms with van der Waals surface area (Å²) in [4.78, 5) is 42.9. The number of rotatable bonds is 6. The number of hydrogen-bond acceptors (Lipinski definition) is 12. The molecule has 2 aromatic heterocycles. The van der Waals surface area contributed by atoms with Gasteiger partial charge in [0.15, 0.2) is 10.8 Å². The van der Waals surface area contributed by atoms with Crippen molar-refractivity contribution in [2.75, 3.05) is 5.73 Å². The molecule has 0 radical (unpaired) electrons. The van der Waals surface area contributed by atoms with Gasteiger partial charge >= 0.3 is 5.97 Å². The normalized spacial score (nSPS) is 20.8. The van der Waals surface area contributed by atoms with Crippen LogP contribution in [-0.2, 0) is 14.4 Å². The van der Waals surface area contributed by atoms with E-state index in [0.717, 1.165) is 27.1 Å². The third-order valence-electron chi connectivity index (χ3n) is 4.85. The number of aryl methyl sites for hydroxylation is 1. The van der Waals surface area contributed by atoms with E-state index in [9.17, 15) is 24.7 Å². The number of thiazole rings is 1. The number of fused-ring (bicyclic) bond motifs is 1. The highest BCUT2D eigenvalue weighted by atomic mass is 35.5. The lowest BCUT2D eigenvalue weighted by Gasteiger charge is -2.50. The number of nitrogen functional groups attached to an aromatic ring is 1. The van der Waals surface area contributed by atoms with Crippen LogP contribution in [0.15, 0.2) is 20.0 Å². The van der Waals surface area contributed by atoms with Crippen LogP contribution in [0.4, 0.5) is 5.13 Å². The first-order valence-corrected chi connectivity index (χ1v) is 11.7. The number of allylic oxidation sites excluding steroid dienone is 1. The second-order valence-corrected chi connectivity index (χ2v) is 10.5. The number of nitrogens with two attached hydrogens (primary N) is 1. The first-order valence-electron chi connectivity index (χ1n) is 8.94. The Labute approximate surface area is 197 Å². The summed E-state index contributed by atoms with van der Waals surface area (Å²) < 4.78 is 4.64. The molecule has 0 aliphatic carbocycles. The average molecular weight is 516 g/mol. The lowest BCUT2D eigenvalue weighted by atomic mass is 9.86.